The maximum absolute atomic E-state index is 11.3. The van der Waals surface area contributed by atoms with Gasteiger partial charge in [-0.2, -0.15) is 0 Å². The standard InChI is InChI=1S/C14H16N4O2/c1-9-5-10(2)7-11(6-9)12-15-16-17-18(12)8-14(3-4-14)13(19)20/h5-7H,3-4,8H2,1-2H3,(H,19,20). The predicted octanol–water partition coefficient (Wildman–Crippen LogP) is 1.82. The lowest BCUT2D eigenvalue weighted by molar-refractivity contribution is -0.144. The van der Waals surface area contributed by atoms with Crippen LogP contribution >= 0.6 is 0 Å². The molecule has 104 valence electrons. The van der Waals surface area contributed by atoms with E-state index in [0.29, 0.717) is 25.2 Å². The Morgan fingerprint density at radius 2 is 1.95 bits per heavy atom. The van der Waals surface area contributed by atoms with E-state index in [1.165, 1.54) is 0 Å². The lowest BCUT2D eigenvalue weighted by Crippen LogP contribution is -2.22. The molecule has 1 N–H and O–H groups in total. The number of nitrogens with zero attached hydrogens (tertiary/aromatic N) is 4. The molecule has 1 heterocycles. The van der Waals surface area contributed by atoms with Gasteiger partial charge in [-0.1, -0.05) is 17.2 Å². The average molecular weight is 272 g/mol. The molecule has 0 unspecified atom stereocenters. The van der Waals surface area contributed by atoms with E-state index in [9.17, 15) is 9.90 Å². The van der Waals surface area contributed by atoms with Crippen LogP contribution in [0, 0.1) is 19.3 Å². The summed E-state index contributed by atoms with van der Waals surface area (Å²) in [6, 6.07) is 6.10. The highest BCUT2D eigenvalue weighted by Gasteiger charge is 2.51. The first-order valence-electron chi connectivity index (χ1n) is 6.58. The minimum absolute atomic E-state index is 0.331. The van der Waals surface area contributed by atoms with Gasteiger partial charge >= 0.3 is 5.97 Å². The summed E-state index contributed by atoms with van der Waals surface area (Å²) in [7, 11) is 0. The van der Waals surface area contributed by atoms with Crippen molar-refractivity contribution in [2.24, 2.45) is 5.41 Å². The van der Waals surface area contributed by atoms with Crippen LogP contribution in [0.4, 0.5) is 0 Å². The van der Waals surface area contributed by atoms with Gasteiger partial charge in [0.2, 0.25) is 0 Å². The monoisotopic (exact) mass is 272 g/mol. The molecule has 0 bridgehead atoms. The van der Waals surface area contributed by atoms with Crippen molar-refractivity contribution in [1.29, 1.82) is 0 Å². The Labute approximate surface area is 116 Å². The molecule has 0 spiro atoms. The minimum atomic E-state index is -0.764. The number of aromatic nitrogens is 4. The number of rotatable bonds is 4. The maximum Gasteiger partial charge on any atom is 0.311 e. The zero-order valence-electron chi connectivity index (χ0n) is 11.5. The molecule has 0 amide bonds. The lowest BCUT2D eigenvalue weighted by Gasteiger charge is -2.11. The number of tetrazole rings is 1. The second-order valence-corrected chi connectivity index (χ2v) is 5.62. The highest BCUT2D eigenvalue weighted by molar-refractivity contribution is 5.77. The molecule has 6 heteroatoms. The normalized spacial score (nSPS) is 16.1. The number of carbonyl (C=O) groups is 1. The Morgan fingerprint density at radius 3 is 2.50 bits per heavy atom. The van der Waals surface area contributed by atoms with Crippen molar-refractivity contribution in [1.82, 2.24) is 20.2 Å². The molecule has 1 aliphatic rings. The van der Waals surface area contributed by atoms with Crippen molar-refractivity contribution in [2.75, 3.05) is 0 Å². The zero-order chi connectivity index (χ0) is 14.3. The Hall–Kier alpha value is -2.24. The Morgan fingerprint density at radius 1 is 1.30 bits per heavy atom. The van der Waals surface area contributed by atoms with Gasteiger partial charge in [0.15, 0.2) is 5.82 Å². The number of aliphatic carboxylic acids is 1. The molecule has 6 nitrogen and oxygen atoms in total. The smallest absolute Gasteiger partial charge is 0.311 e. The SMILES string of the molecule is Cc1cc(C)cc(-c2nnnn2CC2(C(=O)O)CC2)c1. The minimum Gasteiger partial charge on any atom is -0.481 e. The summed E-state index contributed by atoms with van der Waals surface area (Å²) < 4.78 is 1.61. The van der Waals surface area contributed by atoms with Gasteiger partial charge in [-0.05, 0) is 49.2 Å². The van der Waals surface area contributed by atoms with Crippen molar-refractivity contribution in [3.05, 3.63) is 29.3 Å². The second kappa shape index (κ2) is 4.40. The van der Waals surface area contributed by atoms with Crippen LogP contribution < -0.4 is 0 Å². The van der Waals surface area contributed by atoms with Crippen molar-refractivity contribution >= 4 is 5.97 Å². The van der Waals surface area contributed by atoms with Crippen molar-refractivity contribution in [2.45, 2.75) is 33.2 Å². The number of carboxylic acids is 1. The molecule has 1 fully saturated rings. The molecular weight excluding hydrogens is 256 g/mol. The summed E-state index contributed by atoms with van der Waals surface area (Å²) in [5.41, 5.74) is 2.51. The van der Waals surface area contributed by atoms with Gasteiger partial charge in [0, 0.05) is 5.56 Å². The summed E-state index contributed by atoms with van der Waals surface area (Å²) in [5.74, 6) is -0.135. The van der Waals surface area contributed by atoms with Crippen molar-refractivity contribution < 1.29 is 9.90 Å². The van der Waals surface area contributed by atoms with Gasteiger partial charge in [0.1, 0.15) is 0 Å². The van der Waals surface area contributed by atoms with Crippen LogP contribution in [0.3, 0.4) is 0 Å². The molecule has 1 saturated carbocycles. The molecule has 1 aromatic carbocycles. The third kappa shape index (κ3) is 2.17. The number of hydrogen-bond acceptors (Lipinski definition) is 4. The number of hydrogen-bond donors (Lipinski definition) is 1. The van der Waals surface area contributed by atoms with Crippen LogP contribution in [0.2, 0.25) is 0 Å². The Kier molecular flexibility index (Phi) is 2.81. The molecule has 3 rings (SSSR count). The van der Waals surface area contributed by atoms with E-state index in [4.69, 9.17) is 0 Å². The van der Waals surface area contributed by atoms with Crippen LogP contribution in [-0.4, -0.2) is 31.3 Å². The number of benzene rings is 1. The second-order valence-electron chi connectivity index (χ2n) is 5.62. The lowest BCUT2D eigenvalue weighted by atomic mass is 10.1. The first kappa shape index (κ1) is 12.8. The molecule has 0 aliphatic heterocycles. The summed E-state index contributed by atoms with van der Waals surface area (Å²) in [4.78, 5) is 11.3. The van der Waals surface area contributed by atoms with Crippen LogP contribution in [0.5, 0.6) is 0 Å². The fourth-order valence-electron chi connectivity index (χ4n) is 2.50. The van der Waals surface area contributed by atoms with E-state index < -0.39 is 11.4 Å². The van der Waals surface area contributed by atoms with Gasteiger partial charge in [-0.15, -0.1) is 5.10 Å². The molecule has 0 radical (unpaired) electrons. The Balaban J connectivity index is 1.96. The number of carboxylic acid groups (broad SMARTS) is 1. The molecule has 1 aromatic heterocycles. The summed E-state index contributed by atoms with van der Waals surface area (Å²) in [6.45, 7) is 4.37. The van der Waals surface area contributed by atoms with Gasteiger partial charge in [-0.3, -0.25) is 4.79 Å². The van der Waals surface area contributed by atoms with Gasteiger partial charge in [-0.25, -0.2) is 4.68 Å². The van der Waals surface area contributed by atoms with Gasteiger partial charge < -0.3 is 5.11 Å². The summed E-state index contributed by atoms with van der Waals surface area (Å²) in [5, 5.41) is 21.0. The highest BCUT2D eigenvalue weighted by atomic mass is 16.4. The third-order valence-corrected chi connectivity index (χ3v) is 3.77. The van der Waals surface area contributed by atoms with Crippen LogP contribution in [0.25, 0.3) is 11.4 Å². The van der Waals surface area contributed by atoms with Crippen LogP contribution in [-0.2, 0) is 11.3 Å². The fraction of sp³-hybridized carbons (Fsp3) is 0.429. The van der Waals surface area contributed by atoms with E-state index >= 15 is 0 Å². The summed E-state index contributed by atoms with van der Waals surface area (Å²) >= 11 is 0. The van der Waals surface area contributed by atoms with Crippen LogP contribution in [0.15, 0.2) is 18.2 Å². The van der Waals surface area contributed by atoms with Crippen molar-refractivity contribution in [3.8, 4) is 11.4 Å². The molecule has 2 aromatic rings. The van der Waals surface area contributed by atoms with Gasteiger partial charge in [0.25, 0.3) is 0 Å². The maximum atomic E-state index is 11.3. The predicted molar refractivity (Wildman–Crippen MR) is 72.0 cm³/mol. The summed E-state index contributed by atoms with van der Waals surface area (Å²) in [6.07, 6.45) is 1.38. The third-order valence-electron chi connectivity index (χ3n) is 3.77. The van der Waals surface area contributed by atoms with Crippen molar-refractivity contribution in [3.63, 3.8) is 0 Å². The van der Waals surface area contributed by atoms with E-state index in [1.807, 2.05) is 26.0 Å². The molecular formula is C14H16N4O2. The highest BCUT2D eigenvalue weighted by Crippen LogP contribution is 2.47. The number of aryl methyl sites for hydroxylation is 2. The molecule has 0 atom stereocenters. The van der Waals surface area contributed by atoms with E-state index in [2.05, 4.69) is 21.6 Å². The molecule has 1 aliphatic carbocycles. The van der Waals surface area contributed by atoms with Crippen LogP contribution in [0.1, 0.15) is 24.0 Å². The Bertz CT molecular complexity index is 653. The van der Waals surface area contributed by atoms with Gasteiger partial charge in [0.05, 0.1) is 12.0 Å². The first-order chi connectivity index (χ1) is 9.50. The molecule has 20 heavy (non-hydrogen) atoms. The van der Waals surface area contributed by atoms with E-state index in [-0.39, 0.29) is 0 Å². The largest absolute Gasteiger partial charge is 0.481 e. The fourth-order valence-corrected chi connectivity index (χ4v) is 2.50. The zero-order valence-corrected chi connectivity index (χ0v) is 11.5. The first-order valence-corrected chi connectivity index (χ1v) is 6.58. The average Bonchev–Trinajstić information content (AvgIpc) is 2.99. The quantitative estimate of drug-likeness (QED) is 0.918. The van der Waals surface area contributed by atoms with E-state index in [1.54, 1.807) is 4.68 Å². The van der Waals surface area contributed by atoms with E-state index in [0.717, 1.165) is 16.7 Å². The topological polar surface area (TPSA) is 80.9 Å². The molecule has 0 saturated heterocycles.